The molecule has 1 unspecified atom stereocenters. The Balaban J connectivity index is 1.29. The summed E-state index contributed by atoms with van der Waals surface area (Å²) in [7, 11) is 0. The summed E-state index contributed by atoms with van der Waals surface area (Å²) in [5.74, 6) is -0.102. The van der Waals surface area contributed by atoms with Crippen LogP contribution in [0.4, 0.5) is 10.5 Å². The minimum absolute atomic E-state index is 0.0384. The van der Waals surface area contributed by atoms with Gasteiger partial charge in [-0.3, -0.25) is 14.9 Å². The fourth-order valence-corrected chi connectivity index (χ4v) is 5.54. The minimum Gasteiger partial charge on any atom is -0.399 e. The van der Waals surface area contributed by atoms with Crippen LogP contribution in [0.3, 0.4) is 0 Å². The lowest BCUT2D eigenvalue weighted by Gasteiger charge is -2.27. The van der Waals surface area contributed by atoms with E-state index in [0.29, 0.717) is 41.0 Å². The number of anilines is 1. The van der Waals surface area contributed by atoms with Crippen molar-refractivity contribution in [2.45, 2.75) is 32.2 Å². The molecule has 1 N–H and O–H groups in total. The quantitative estimate of drug-likeness (QED) is 0.638. The average Bonchev–Trinajstić information content (AvgIpc) is 3.37. The normalized spacial score (nSPS) is 20.1. The molecule has 2 aliphatic heterocycles. The van der Waals surface area contributed by atoms with Gasteiger partial charge in [0.05, 0.1) is 10.3 Å². The van der Waals surface area contributed by atoms with Crippen LogP contribution < -0.4 is 15.0 Å². The van der Waals surface area contributed by atoms with Crippen molar-refractivity contribution in [1.29, 1.82) is 0 Å². The Hall–Kier alpha value is -3.10. The second-order valence-electron chi connectivity index (χ2n) is 8.57. The maximum Gasteiger partial charge on any atom is 0.417 e. The first kappa shape index (κ1) is 22.7. The highest BCUT2D eigenvalue weighted by Crippen LogP contribution is 2.34. The highest BCUT2D eigenvalue weighted by molar-refractivity contribution is 7.17. The first-order chi connectivity index (χ1) is 16.5. The van der Waals surface area contributed by atoms with Crippen LogP contribution in [0.25, 0.3) is 0 Å². The van der Waals surface area contributed by atoms with Crippen molar-refractivity contribution in [3.05, 3.63) is 69.7 Å². The van der Waals surface area contributed by atoms with Crippen LogP contribution >= 0.6 is 22.9 Å². The van der Waals surface area contributed by atoms with Gasteiger partial charge in [0.25, 0.3) is 0 Å². The Morgan fingerprint density at radius 2 is 2.09 bits per heavy atom. The Kier molecular flexibility index (Phi) is 6.43. The predicted octanol–water partition coefficient (Wildman–Crippen LogP) is 4.88. The molecule has 1 atom stereocenters. The summed E-state index contributed by atoms with van der Waals surface area (Å²) in [6.07, 6.45) is 6.23. The number of fused-ring (bicyclic) bond motifs is 1. The molecular formula is C25H24ClN3O4S. The van der Waals surface area contributed by atoms with E-state index in [0.717, 1.165) is 36.2 Å². The van der Waals surface area contributed by atoms with E-state index in [2.05, 4.69) is 5.32 Å². The van der Waals surface area contributed by atoms with Crippen LogP contribution in [0, 0.1) is 5.92 Å². The van der Waals surface area contributed by atoms with Crippen LogP contribution in [0.5, 0.6) is 5.06 Å². The summed E-state index contributed by atoms with van der Waals surface area (Å²) in [5, 5.41) is 3.19. The molecular weight excluding hydrogens is 474 g/mol. The molecule has 1 aromatic heterocycles. The second-order valence-corrected chi connectivity index (χ2v) is 10.2. The van der Waals surface area contributed by atoms with E-state index in [1.54, 1.807) is 17.0 Å². The van der Waals surface area contributed by atoms with Crippen LogP contribution in [0.15, 0.2) is 59.8 Å². The molecule has 0 spiro atoms. The van der Waals surface area contributed by atoms with Crippen LogP contribution in [0.2, 0.25) is 4.34 Å². The zero-order chi connectivity index (χ0) is 23.7. The van der Waals surface area contributed by atoms with Gasteiger partial charge in [-0.1, -0.05) is 41.1 Å². The number of rotatable bonds is 5. The summed E-state index contributed by atoms with van der Waals surface area (Å²) in [6.45, 7) is 1.61. The molecule has 5 rings (SSSR count). The van der Waals surface area contributed by atoms with Gasteiger partial charge in [0.2, 0.25) is 11.8 Å². The second kappa shape index (κ2) is 9.64. The lowest BCUT2D eigenvalue weighted by atomic mass is 9.92. The Morgan fingerprint density at radius 1 is 1.21 bits per heavy atom. The molecule has 0 radical (unpaired) electrons. The first-order valence-corrected chi connectivity index (χ1v) is 12.5. The third-order valence-corrected chi connectivity index (χ3v) is 7.40. The number of hydrogen-bond acceptors (Lipinski definition) is 5. The van der Waals surface area contributed by atoms with E-state index in [1.165, 1.54) is 11.3 Å². The number of carbonyl (C=O) groups is 3. The van der Waals surface area contributed by atoms with Crippen molar-refractivity contribution in [2.24, 2.45) is 5.92 Å². The molecule has 1 aliphatic carbocycles. The third kappa shape index (κ3) is 4.74. The van der Waals surface area contributed by atoms with Crippen molar-refractivity contribution in [3.8, 4) is 5.06 Å². The number of hydrogen-bond donors (Lipinski definition) is 1. The molecule has 2 aromatic rings. The molecule has 0 bridgehead atoms. The van der Waals surface area contributed by atoms with Crippen molar-refractivity contribution in [1.82, 2.24) is 10.2 Å². The van der Waals surface area contributed by atoms with Gasteiger partial charge >= 0.3 is 6.09 Å². The van der Waals surface area contributed by atoms with Crippen LogP contribution in [-0.2, 0) is 16.1 Å². The minimum atomic E-state index is -0.615. The summed E-state index contributed by atoms with van der Waals surface area (Å²) in [5.41, 5.74) is 3.34. The molecule has 3 amide bonds. The number of benzene rings is 1. The van der Waals surface area contributed by atoms with Gasteiger partial charge in [0.15, 0.2) is 5.06 Å². The van der Waals surface area contributed by atoms with Gasteiger partial charge in [0, 0.05) is 37.4 Å². The maximum atomic E-state index is 13.1. The molecule has 3 aliphatic rings. The standard InChI is InChI=1S/C25H24ClN3O4S/c26-21-10-11-23(34-21)33-25(32)27-20-8-4-7-18-19(20)15-28(24(18)31)14-16-5-3-6-17(13-16)29-12-2-1-9-22(29)30/h3-6,8,10-11,13,18H,1-2,7,9,12,14-15H2,(H,27,32). The number of ether oxygens (including phenoxy) is 1. The monoisotopic (exact) mass is 497 g/mol. The van der Waals surface area contributed by atoms with E-state index >= 15 is 0 Å². The number of allylic oxidation sites excluding steroid dienone is 2. The van der Waals surface area contributed by atoms with Gasteiger partial charge < -0.3 is 14.5 Å². The maximum absolute atomic E-state index is 13.1. The highest BCUT2D eigenvalue weighted by Gasteiger charge is 2.38. The van der Waals surface area contributed by atoms with E-state index in [4.69, 9.17) is 16.3 Å². The number of halogens is 1. The number of nitrogens with zero attached hydrogens (tertiary/aromatic N) is 2. The Bertz CT molecular complexity index is 1200. The molecule has 3 heterocycles. The van der Waals surface area contributed by atoms with Gasteiger partial charge in [0.1, 0.15) is 0 Å². The van der Waals surface area contributed by atoms with E-state index in [1.807, 2.05) is 41.3 Å². The Morgan fingerprint density at radius 3 is 2.88 bits per heavy atom. The SMILES string of the molecule is O=C(NC1=C2CN(Cc3cccc(N4CCCCC4=O)c3)C(=O)C2CC=C1)Oc1ccc(Cl)s1. The number of piperidine rings is 1. The number of carbonyl (C=O) groups excluding carboxylic acids is 3. The summed E-state index contributed by atoms with van der Waals surface area (Å²) in [6, 6.07) is 11.1. The smallest absolute Gasteiger partial charge is 0.399 e. The first-order valence-electron chi connectivity index (χ1n) is 11.3. The average molecular weight is 498 g/mol. The number of nitrogens with one attached hydrogen (secondary N) is 1. The van der Waals surface area contributed by atoms with E-state index in [9.17, 15) is 14.4 Å². The number of amides is 3. The zero-order valence-corrected chi connectivity index (χ0v) is 20.0. The van der Waals surface area contributed by atoms with Gasteiger partial charge in [-0.15, -0.1) is 0 Å². The topological polar surface area (TPSA) is 79.0 Å². The van der Waals surface area contributed by atoms with E-state index < -0.39 is 6.09 Å². The fraction of sp³-hybridized carbons (Fsp3) is 0.320. The fourth-order valence-electron chi connectivity index (χ4n) is 4.67. The summed E-state index contributed by atoms with van der Waals surface area (Å²) < 4.78 is 5.84. The van der Waals surface area contributed by atoms with Crippen molar-refractivity contribution >= 4 is 46.5 Å². The van der Waals surface area contributed by atoms with Gasteiger partial charge in [-0.25, -0.2) is 4.79 Å². The molecule has 2 saturated heterocycles. The molecule has 7 nitrogen and oxygen atoms in total. The lowest BCUT2D eigenvalue weighted by molar-refractivity contribution is -0.131. The Labute approximate surface area is 206 Å². The summed E-state index contributed by atoms with van der Waals surface area (Å²) in [4.78, 5) is 41.5. The lowest BCUT2D eigenvalue weighted by Crippen LogP contribution is -2.35. The zero-order valence-electron chi connectivity index (χ0n) is 18.5. The number of likely N-dealkylation sites (tertiary alicyclic amines) is 1. The van der Waals surface area contributed by atoms with Crippen LogP contribution in [-0.4, -0.2) is 35.9 Å². The molecule has 2 fully saturated rings. The van der Waals surface area contributed by atoms with Crippen molar-refractivity contribution in [3.63, 3.8) is 0 Å². The number of thiophene rings is 1. The van der Waals surface area contributed by atoms with Gasteiger partial charge in [-0.2, -0.15) is 0 Å². The van der Waals surface area contributed by atoms with Gasteiger partial charge in [-0.05, 0) is 60.7 Å². The molecule has 9 heteroatoms. The molecule has 176 valence electrons. The molecule has 34 heavy (non-hydrogen) atoms. The van der Waals surface area contributed by atoms with E-state index in [-0.39, 0.29) is 17.7 Å². The van der Waals surface area contributed by atoms with Crippen LogP contribution in [0.1, 0.15) is 31.2 Å². The van der Waals surface area contributed by atoms with Crippen molar-refractivity contribution < 1.29 is 19.1 Å². The molecule has 0 saturated carbocycles. The molecule has 1 aromatic carbocycles. The third-order valence-electron chi connectivity index (χ3n) is 6.29. The van der Waals surface area contributed by atoms with Crippen molar-refractivity contribution in [2.75, 3.05) is 18.0 Å². The predicted molar refractivity (Wildman–Crippen MR) is 131 cm³/mol. The highest BCUT2D eigenvalue weighted by atomic mass is 35.5. The summed E-state index contributed by atoms with van der Waals surface area (Å²) >= 11 is 7.06. The largest absolute Gasteiger partial charge is 0.417 e.